The number of amides is 1. The summed E-state index contributed by atoms with van der Waals surface area (Å²) in [6.07, 6.45) is 0. The summed E-state index contributed by atoms with van der Waals surface area (Å²) in [6.45, 7) is 0. The molecule has 7 heteroatoms. The molecule has 0 radical (unpaired) electrons. The molecule has 0 saturated heterocycles. The zero-order valence-electron chi connectivity index (χ0n) is 13.3. The molecule has 3 rings (SSSR count). The van der Waals surface area contributed by atoms with Crippen LogP contribution in [0.1, 0.15) is 10.4 Å². The van der Waals surface area contributed by atoms with E-state index in [-0.39, 0.29) is 11.3 Å². The first-order chi connectivity index (χ1) is 12.0. The number of nitrogens with two attached hydrogens (primary N) is 1. The van der Waals surface area contributed by atoms with E-state index < -0.39 is 17.3 Å². The normalized spacial score (nSPS) is 10.5. The maximum absolute atomic E-state index is 13.5. The predicted molar refractivity (Wildman–Crippen MR) is 90.3 cm³/mol. The van der Waals surface area contributed by atoms with Gasteiger partial charge in [-0.2, -0.15) is 9.78 Å². The number of ether oxygens (including phenoxy) is 1. The van der Waals surface area contributed by atoms with Gasteiger partial charge in [0, 0.05) is 5.56 Å². The van der Waals surface area contributed by atoms with Crippen LogP contribution in [0.25, 0.3) is 16.9 Å². The summed E-state index contributed by atoms with van der Waals surface area (Å²) < 4.78 is 19.6. The second kappa shape index (κ2) is 6.56. The van der Waals surface area contributed by atoms with E-state index in [2.05, 4.69) is 5.10 Å². The third kappa shape index (κ3) is 3.25. The molecular formula is C18H14FN3O3. The molecule has 1 amide bonds. The van der Waals surface area contributed by atoms with Crippen molar-refractivity contribution in [2.75, 3.05) is 7.11 Å². The van der Waals surface area contributed by atoms with Crippen LogP contribution in [-0.2, 0) is 0 Å². The number of halogens is 1. The highest BCUT2D eigenvalue weighted by molar-refractivity contribution is 5.93. The van der Waals surface area contributed by atoms with Crippen molar-refractivity contribution in [3.63, 3.8) is 0 Å². The van der Waals surface area contributed by atoms with Gasteiger partial charge in [-0.15, -0.1) is 0 Å². The van der Waals surface area contributed by atoms with Gasteiger partial charge in [-0.1, -0.05) is 6.07 Å². The first-order valence-corrected chi connectivity index (χ1v) is 7.34. The third-order valence-electron chi connectivity index (χ3n) is 3.62. The molecule has 1 heterocycles. The van der Waals surface area contributed by atoms with E-state index in [0.717, 1.165) is 10.7 Å². The largest absolute Gasteiger partial charge is 0.497 e. The van der Waals surface area contributed by atoms with Crippen LogP contribution in [0.15, 0.2) is 59.4 Å². The quantitative estimate of drug-likeness (QED) is 0.789. The number of hydrogen-bond acceptors (Lipinski definition) is 4. The van der Waals surface area contributed by atoms with Crippen LogP contribution in [0.4, 0.5) is 4.39 Å². The molecule has 0 spiro atoms. The van der Waals surface area contributed by atoms with Crippen molar-refractivity contribution in [3.05, 3.63) is 76.3 Å². The van der Waals surface area contributed by atoms with Crippen molar-refractivity contribution in [2.24, 2.45) is 5.73 Å². The van der Waals surface area contributed by atoms with Crippen LogP contribution in [0.2, 0.25) is 0 Å². The zero-order valence-corrected chi connectivity index (χ0v) is 13.3. The summed E-state index contributed by atoms with van der Waals surface area (Å²) in [5.41, 5.74) is 5.56. The number of nitrogens with zero attached hydrogens (tertiary/aromatic N) is 2. The van der Waals surface area contributed by atoms with E-state index in [0.29, 0.717) is 17.0 Å². The summed E-state index contributed by atoms with van der Waals surface area (Å²) in [4.78, 5) is 24.1. The van der Waals surface area contributed by atoms with Gasteiger partial charge in [0.1, 0.15) is 17.1 Å². The van der Waals surface area contributed by atoms with Gasteiger partial charge < -0.3 is 10.5 Å². The number of carbonyl (C=O) groups is 1. The molecular weight excluding hydrogens is 325 g/mol. The molecule has 1 aromatic heterocycles. The number of hydrogen-bond donors (Lipinski definition) is 1. The minimum absolute atomic E-state index is 0.197. The summed E-state index contributed by atoms with van der Waals surface area (Å²) in [6, 6.07) is 13.6. The van der Waals surface area contributed by atoms with E-state index in [1.54, 1.807) is 31.4 Å². The molecule has 0 aliphatic rings. The van der Waals surface area contributed by atoms with E-state index in [4.69, 9.17) is 10.5 Å². The summed E-state index contributed by atoms with van der Waals surface area (Å²) in [5, 5.41) is 4.24. The summed E-state index contributed by atoms with van der Waals surface area (Å²) in [7, 11) is 1.54. The SMILES string of the molecule is COc1ccc(-c2cc(C(N)=O)c(=O)n(-c3cccc(F)c3)n2)cc1. The lowest BCUT2D eigenvalue weighted by atomic mass is 10.1. The lowest BCUT2D eigenvalue weighted by Gasteiger charge is -2.10. The minimum Gasteiger partial charge on any atom is -0.497 e. The molecule has 2 aromatic carbocycles. The van der Waals surface area contributed by atoms with Crippen molar-refractivity contribution in [1.82, 2.24) is 9.78 Å². The van der Waals surface area contributed by atoms with Gasteiger partial charge in [0.05, 0.1) is 18.5 Å². The number of benzene rings is 2. The van der Waals surface area contributed by atoms with Gasteiger partial charge in [-0.05, 0) is 48.5 Å². The van der Waals surface area contributed by atoms with Crippen LogP contribution >= 0.6 is 0 Å². The predicted octanol–water partition coefficient (Wildman–Crippen LogP) is 2.15. The van der Waals surface area contributed by atoms with Crippen molar-refractivity contribution in [2.45, 2.75) is 0 Å². The number of primary amides is 1. The fourth-order valence-corrected chi connectivity index (χ4v) is 2.36. The Bertz CT molecular complexity index is 997. The van der Waals surface area contributed by atoms with Crippen molar-refractivity contribution < 1.29 is 13.9 Å². The Morgan fingerprint density at radius 1 is 1.16 bits per heavy atom. The molecule has 0 fully saturated rings. The van der Waals surface area contributed by atoms with Crippen LogP contribution in [0.3, 0.4) is 0 Å². The lowest BCUT2D eigenvalue weighted by Crippen LogP contribution is -2.30. The molecule has 126 valence electrons. The Balaban J connectivity index is 2.23. The molecule has 0 atom stereocenters. The number of aromatic nitrogens is 2. The Hall–Kier alpha value is -3.48. The Kier molecular flexibility index (Phi) is 4.30. The van der Waals surface area contributed by atoms with E-state index in [9.17, 15) is 14.0 Å². The smallest absolute Gasteiger partial charge is 0.284 e. The molecule has 0 bridgehead atoms. The molecule has 0 saturated carbocycles. The van der Waals surface area contributed by atoms with Crippen LogP contribution in [-0.4, -0.2) is 22.8 Å². The third-order valence-corrected chi connectivity index (χ3v) is 3.62. The van der Waals surface area contributed by atoms with Gasteiger partial charge in [-0.25, -0.2) is 4.39 Å². The van der Waals surface area contributed by atoms with E-state index in [1.165, 1.54) is 24.3 Å². The average Bonchev–Trinajstić information content (AvgIpc) is 2.62. The van der Waals surface area contributed by atoms with Gasteiger partial charge in [0.2, 0.25) is 0 Å². The highest BCUT2D eigenvalue weighted by Gasteiger charge is 2.15. The maximum atomic E-state index is 13.5. The standard InChI is InChI=1S/C18H14FN3O3/c1-25-14-7-5-11(6-8-14)16-10-15(17(20)23)18(24)22(21-16)13-4-2-3-12(19)9-13/h2-10H,1H3,(H2,20,23). The van der Waals surface area contributed by atoms with Crippen LogP contribution in [0, 0.1) is 5.82 Å². The fourth-order valence-electron chi connectivity index (χ4n) is 2.36. The number of rotatable bonds is 4. The average molecular weight is 339 g/mol. The minimum atomic E-state index is -0.882. The first-order valence-electron chi connectivity index (χ1n) is 7.34. The van der Waals surface area contributed by atoms with Crippen LogP contribution in [0.5, 0.6) is 5.75 Å². The van der Waals surface area contributed by atoms with Gasteiger partial charge in [0.15, 0.2) is 0 Å². The lowest BCUT2D eigenvalue weighted by molar-refractivity contribution is 0.0998. The molecule has 0 unspecified atom stereocenters. The number of carbonyl (C=O) groups excluding carboxylic acids is 1. The first kappa shape index (κ1) is 16.4. The van der Waals surface area contributed by atoms with E-state index in [1.807, 2.05) is 0 Å². The van der Waals surface area contributed by atoms with E-state index >= 15 is 0 Å². The Morgan fingerprint density at radius 2 is 1.88 bits per heavy atom. The van der Waals surface area contributed by atoms with Crippen molar-refractivity contribution >= 4 is 5.91 Å². The molecule has 3 aromatic rings. The highest BCUT2D eigenvalue weighted by Crippen LogP contribution is 2.21. The molecule has 6 nitrogen and oxygen atoms in total. The van der Waals surface area contributed by atoms with Crippen molar-refractivity contribution in [3.8, 4) is 22.7 Å². The molecule has 0 aliphatic heterocycles. The van der Waals surface area contributed by atoms with Gasteiger partial charge in [-0.3, -0.25) is 9.59 Å². The Morgan fingerprint density at radius 3 is 2.48 bits per heavy atom. The summed E-state index contributed by atoms with van der Waals surface area (Å²) in [5.74, 6) is -0.758. The second-order valence-electron chi connectivity index (χ2n) is 5.23. The monoisotopic (exact) mass is 339 g/mol. The molecule has 2 N–H and O–H groups in total. The topological polar surface area (TPSA) is 87.2 Å². The fraction of sp³-hybridized carbons (Fsp3) is 0.0556. The van der Waals surface area contributed by atoms with Crippen LogP contribution < -0.4 is 16.0 Å². The van der Waals surface area contributed by atoms with Gasteiger partial charge >= 0.3 is 0 Å². The molecule has 25 heavy (non-hydrogen) atoms. The maximum Gasteiger partial charge on any atom is 0.284 e. The Labute approximate surface area is 142 Å². The number of methoxy groups -OCH3 is 1. The van der Waals surface area contributed by atoms with Gasteiger partial charge in [0.25, 0.3) is 11.5 Å². The highest BCUT2D eigenvalue weighted by atomic mass is 19.1. The second-order valence-corrected chi connectivity index (χ2v) is 5.23. The molecule has 0 aliphatic carbocycles. The summed E-state index contributed by atoms with van der Waals surface area (Å²) >= 11 is 0. The van der Waals surface area contributed by atoms with Crippen molar-refractivity contribution in [1.29, 1.82) is 0 Å². The zero-order chi connectivity index (χ0) is 18.0.